The van der Waals surface area contributed by atoms with Gasteiger partial charge in [0.25, 0.3) is 5.91 Å². The van der Waals surface area contributed by atoms with Crippen molar-refractivity contribution in [2.24, 2.45) is 5.92 Å². The van der Waals surface area contributed by atoms with Crippen molar-refractivity contribution in [2.45, 2.75) is 66.6 Å². The molecule has 0 aliphatic carbocycles. The molecule has 1 aromatic carbocycles. The summed E-state index contributed by atoms with van der Waals surface area (Å²) >= 11 is 0. The van der Waals surface area contributed by atoms with Crippen molar-refractivity contribution in [1.29, 1.82) is 0 Å². The van der Waals surface area contributed by atoms with Gasteiger partial charge >= 0.3 is 6.03 Å². The van der Waals surface area contributed by atoms with E-state index in [-0.39, 0.29) is 24.0 Å². The van der Waals surface area contributed by atoms with E-state index in [1.165, 1.54) is 0 Å². The minimum absolute atomic E-state index is 0.0452. The van der Waals surface area contributed by atoms with Crippen LogP contribution in [0.2, 0.25) is 0 Å². The zero-order valence-corrected chi connectivity index (χ0v) is 18.7. The van der Waals surface area contributed by atoms with Gasteiger partial charge in [-0.3, -0.25) is 4.79 Å². The first-order valence-electron chi connectivity index (χ1n) is 10.6. The Morgan fingerprint density at radius 1 is 1.10 bits per heavy atom. The smallest absolute Gasteiger partial charge is 0.317 e. The van der Waals surface area contributed by atoms with Crippen LogP contribution in [-0.4, -0.2) is 50.5 Å². The summed E-state index contributed by atoms with van der Waals surface area (Å²) in [6, 6.07) is 6.09. The molecule has 1 aromatic heterocycles. The first-order chi connectivity index (χ1) is 14.2. The molecule has 0 unspecified atom stereocenters. The van der Waals surface area contributed by atoms with E-state index in [1.807, 2.05) is 50.8 Å². The first-order valence-corrected chi connectivity index (χ1v) is 10.6. The lowest BCUT2D eigenvalue weighted by Crippen LogP contribution is -2.45. The highest BCUT2D eigenvalue weighted by Crippen LogP contribution is 2.26. The van der Waals surface area contributed by atoms with Crippen molar-refractivity contribution >= 4 is 11.9 Å². The third-order valence-corrected chi connectivity index (χ3v) is 5.64. The third kappa shape index (κ3) is 4.47. The van der Waals surface area contributed by atoms with Crippen molar-refractivity contribution in [3.8, 4) is 5.69 Å². The Hall–Kier alpha value is -2.90. The maximum absolute atomic E-state index is 12.6. The average Bonchev–Trinajstić information content (AvgIpc) is 3.07. The fourth-order valence-electron chi connectivity index (χ4n) is 3.51. The molecule has 0 radical (unpaired) electrons. The fourth-order valence-corrected chi connectivity index (χ4v) is 3.51. The minimum atomic E-state index is -0.207. The minimum Gasteiger partial charge on any atom is -0.348 e. The molecule has 0 saturated carbocycles. The molecule has 2 heterocycles. The summed E-state index contributed by atoms with van der Waals surface area (Å²) in [6.07, 6.45) is 0.724. The number of fused-ring (bicyclic) bond motifs is 1. The van der Waals surface area contributed by atoms with E-state index in [4.69, 9.17) is 0 Å². The summed E-state index contributed by atoms with van der Waals surface area (Å²) in [4.78, 5) is 26.9. The zero-order valence-electron chi connectivity index (χ0n) is 18.7. The molecule has 3 amide bonds. The molecule has 8 heteroatoms. The summed E-state index contributed by atoms with van der Waals surface area (Å²) in [5.41, 5.74) is 4.19. The van der Waals surface area contributed by atoms with Gasteiger partial charge < -0.3 is 15.5 Å². The molecule has 1 aliphatic heterocycles. The number of hydrogen-bond donors (Lipinski definition) is 2. The number of urea groups is 1. The number of amides is 3. The van der Waals surface area contributed by atoms with Crippen molar-refractivity contribution in [1.82, 2.24) is 30.5 Å². The van der Waals surface area contributed by atoms with Gasteiger partial charge in [-0.25, -0.2) is 9.48 Å². The van der Waals surface area contributed by atoms with Crippen LogP contribution in [0.1, 0.15) is 61.9 Å². The zero-order chi connectivity index (χ0) is 22.0. The predicted octanol–water partition coefficient (Wildman–Crippen LogP) is 2.83. The van der Waals surface area contributed by atoms with Crippen LogP contribution in [0.25, 0.3) is 5.69 Å². The van der Waals surface area contributed by atoms with Crippen molar-refractivity contribution < 1.29 is 9.59 Å². The summed E-state index contributed by atoms with van der Waals surface area (Å²) in [5.74, 6) is 0.127. The van der Waals surface area contributed by atoms with Crippen molar-refractivity contribution in [2.75, 3.05) is 6.54 Å². The number of carbonyl (C=O) groups excluding carboxylic acids is 2. The Bertz CT molecular complexity index is 934. The van der Waals surface area contributed by atoms with E-state index >= 15 is 0 Å². The molecule has 162 valence electrons. The van der Waals surface area contributed by atoms with E-state index in [0.717, 1.165) is 23.2 Å². The van der Waals surface area contributed by atoms with Gasteiger partial charge in [0.15, 0.2) is 5.69 Å². The van der Waals surface area contributed by atoms with Crippen LogP contribution in [0.15, 0.2) is 18.2 Å². The molecule has 8 nitrogen and oxygen atoms in total. The quantitative estimate of drug-likeness (QED) is 0.790. The molecule has 0 bridgehead atoms. The number of benzene rings is 1. The average molecular weight is 413 g/mol. The first kappa shape index (κ1) is 21.8. The number of nitrogens with zero attached hydrogens (tertiary/aromatic N) is 4. The van der Waals surface area contributed by atoms with E-state index < -0.39 is 0 Å². The van der Waals surface area contributed by atoms with Gasteiger partial charge in [0.05, 0.1) is 11.4 Å². The van der Waals surface area contributed by atoms with Crippen LogP contribution in [0.3, 0.4) is 0 Å². The maximum Gasteiger partial charge on any atom is 0.317 e. The van der Waals surface area contributed by atoms with E-state index in [0.29, 0.717) is 30.4 Å². The number of rotatable bonds is 5. The highest BCUT2D eigenvalue weighted by molar-refractivity contribution is 5.93. The van der Waals surface area contributed by atoms with Crippen LogP contribution >= 0.6 is 0 Å². The van der Waals surface area contributed by atoms with Crippen LogP contribution in [0.4, 0.5) is 4.79 Å². The van der Waals surface area contributed by atoms with Crippen LogP contribution < -0.4 is 10.6 Å². The third-order valence-electron chi connectivity index (χ3n) is 5.64. The summed E-state index contributed by atoms with van der Waals surface area (Å²) < 4.78 is 1.73. The molecular weight excluding hydrogens is 380 g/mol. The molecule has 2 aromatic rings. The van der Waals surface area contributed by atoms with E-state index in [1.54, 1.807) is 4.68 Å². The molecule has 0 spiro atoms. The molecule has 1 atom stereocenters. The summed E-state index contributed by atoms with van der Waals surface area (Å²) in [5, 5.41) is 14.4. The van der Waals surface area contributed by atoms with Crippen molar-refractivity contribution in [3.05, 3.63) is 40.7 Å². The second-order valence-corrected chi connectivity index (χ2v) is 8.63. The van der Waals surface area contributed by atoms with E-state index in [9.17, 15) is 9.59 Å². The molecule has 2 N–H and O–H groups in total. The van der Waals surface area contributed by atoms with Gasteiger partial charge in [0, 0.05) is 25.2 Å². The Morgan fingerprint density at radius 3 is 2.50 bits per heavy atom. The van der Waals surface area contributed by atoms with Gasteiger partial charge in [-0.2, -0.15) is 0 Å². The van der Waals surface area contributed by atoms with Gasteiger partial charge in [-0.15, -0.1) is 5.10 Å². The number of aromatic nitrogens is 3. The number of hydrogen-bond acceptors (Lipinski definition) is 4. The Morgan fingerprint density at radius 2 is 1.83 bits per heavy atom. The Kier molecular flexibility index (Phi) is 6.43. The topological polar surface area (TPSA) is 92.2 Å². The van der Waals surface area contributed by atoms with Crippen molar-refractivity contribution in [3.63, 3.8) is 0 Å². The highest BCUT2D eigenvalue weighted by Gasteiger charge is 2.25. The normalized spacial score (nSPS) is 14.6. The lowest BCUT2D eigenvalue weighted by molar-refractivity contribution is 0.0924. The monoisotopic (exact) mass is 412 g/mol. The SMILES string of the molecule is Cc1c(C(=O)N[C@@H](C)C(C)C)nnn1-c1cccc2c1CCN(C(=O)NC(C)C)C2. The second kappa shape index (κ2) is 8.85. The Balaban J connectivity index is 1.85. The highest BCUT2D eigenvalue weighted by atomic mass is 16.2. The van der Waals surface area contributed by atoms with Gasteiger partial charge in [-0.1, -0.05) is 31.2 Å². The molecular formula is C22H32N6O2. The Labute approximate surface area is 178 Å². The van der Waals surface area contributed by atoms with Gasteiger partial charge in [-0.05, 0) is 57.2 Å². The summed E-state index contributed by atoms with van der Waals surface area (Å²) in [7, 11) is 0. The number of nitrogens with one attached hydrogen (secondary N) is 2. The molecule has 3 rings (SSSR count). The summed E-state index contributed by atoms with van der Waals surface area (Å²) in [6.45, 7) is 13.1. The van der Waals surface area contributed by atoms with E-state index in [2.05, 4.69) is 34.8 Å². The maximum atomic E-state index is 12.6. The second-order valence-electron chi connectivity index (χ2n) is 8.63. The van der Waals surface area contributed by atoms with Gasteiger partial charge in [0.2, 0.25) is 0 Å². The molecule has 0 fully saturated rings. The predicted molar refractivity (Wildman–Crippen MR) is 116 cm³/mol. The lowest BCUT2D eigenvalue weighted by atomic mass is 9.97. The van der Waals surface area contributed by atoms with Gasteiger partial charge in [0.1, 0.15) is 0 Å². The largest absolute Gasteiger partial charge is 0.348 e. The lowest BCUT2D eigenvalue weighted by Gasteiger charge is -2.30. The molecule has 0 saturated heterocycles. The molecule has 1 aliphatic rings. The van der Waals surface area contributed by atoms with Crippen LogP contribution in [0, 0.1) is 12.8 Å². The molecule has 30 heavy (non-hydrogen) atoms. The van der Waals surface area contributed by atoms with Crippen LogP contribution in [-0.2, 0) is 13.0 Å². The fraction of sp³-hybridized carbons (Fsp3) is 0.545. The number of carbonyl (C=O) groups is 2. The van der Waals surface area contributed by atoms with Crippen LogP contribution in [0.5, 0.6) is 0 Å². The standard InChI is InChI=1S/C22H32N6O2/c1-13(2)15(5)24-21(29)20-16(6)28(26-25-20)19-9-7-8-17-12-27(11-10-18(17)19)22(30)23-14(3)4/h7-9,13-15H,10-12H2,1-6H3,(H,23,30)(H,24,29)/t15-/m0/s1.